The van der Waals surface area contributed by atoms with Gasteiger partial charge in [-0.25, -0.2) is 0 Å². The van der Waals surface area contributed by atoms with E-state index in [2.05, 4.69) is 50.4 Å². The molecule has 4 rings (SSSR count). The first-order valence-corrected chi connectivity index (χ1v) is 11.1. The third-order valence-electron chi connectivity index (χ3n) is 4.78. The molecule has 0 bridgehead atoms. The number of benzene rings is 2. The van der Waals surface area contributed by atoms with Gasteiger partial charge in [0.25, 0.3) is 5.91 Å². The Morgan fingerprint density at radius 3 is 2.86 bits per heavy atom. The minimum absolute atomic E-state index is 0.159. The summed E-state index contributed by atoms with van der Waals surface area (Å²) in [6.07, 6.45) is 2.91. The number of nitrogens with zero attached hydrogens (tertiary/aromatic N) is 1. The van der Waals surface area contributed by atoms with E-state index in [-0.39, 0.29) is 5.91 Å². The van der Waals surface area contributed by atoms with Gasteiger partial charge in [-0.2, -0.15) is 0 Å². The number of ether oxygens (including phenoxy) is 1. The zero-order chi connectivity index (χ0) is 19.5. The molecule has 2 aromatic rings. The van der Waals surface area contributed by atoms with Crippen molar-refractivity contribution in [2.75, 3.05) is 19.7 Å². The van der Waals surface area contributed by atoms with Crippen LogP contribution in [0.2, 0.25) is 0 Å². The molecule has 1 amide bonds. The molecule has 28 heavy (non-hydrogen) atoms. The summed E-state index contributed by atoms with van der Waals surface area (Å²) in [6.45, 7) is 3.47. The van der Waals surface area contributed by atoms with Crippen molar-refractivity contribution in [2.45, 2.75) is 13.0 Å². The molecule has 2 heterocycles. The Balaban J connectivity index is 1.41. The standard InChI is InChI=1S/C21H19BrN2O2S2/c22-17-5-6-18(16(11-17)12-19-20(25)23-21(27)28-19)26-10-9-24-8-7-14-3-1-2-4-15(14)13-24/h1-6,11-12H,7-10,13H2,(H,23,25,27). The van der Waals surface area contributed by atoms with Gasteiger partial charge in [0.15, 0.2) is 0 Å². The van der Waals surface area contributed by atoms with Gasteiger partial charge in [-0.05, 0) is 41.8 Å². The van der Waals surface area contributed by atoms with Crippen LogP contribution in [0.25, 0.3) is 6.08 Å². The molecule has 0 spiro atoms. The molecule has 144 valence electrons. The van der Waals surface area contributed by atoms with Crippen molar-refractivity contribution in [2.24, 2.45) is 0 Å². The highest BCUT2D eigenvalue weighted by Gasteiger charge is 2.22. The van der Waals surface area contributed by atoms with Crippen molar-refractivity contribution in [3.8, 4) is 5.75 Å². The number of amides is 1. The highest BCUT2D eigenvalue weighted by molar-refractivity contribution is 9.10. The third kappa shape index (κ3) is 4.66. The number of carbonyl (C=O) groups excluding carboxylic acids is 1. The Hall–Kier alpha value is -1.67. The zero-order valence-electron chi connectivity index (χ0n) is 15.1. The summed E-state index contributed by atoms with van der Waals surface area (Å²) in [5.41, 5.74) is 3.72. The largest absolute Gasteiger partial charge is 0.492 e. The first-order valence-electron chi connectivity index (χ1n) is 9.05. The molecule has 7 heteroatoms. The van der Waals surface area contributed by atoms with E-state index in [1.807, 2.05) is 24.3 Å². The summed E-state index contributed by atoms with van der Waals surface area (Å²) in [7, 11) is 0. The second-order valence-electron chi connectivity index (χ2n) is 6.68. The van der Waals surface area contributed by atoms with Crippen LogP contribution in [0.5, 0.6) is 5.75 Å². The number of hydrogen-bond donors (Lipinski definition) is 1. The summed E-state index contributed by atoms with van der Waals surface area (Å²) in [6, 6.07) is 14.5. The lowest BCUT2D eigenvalue weighted by Crippen LogP contribution is -2.33. The molecular formula is C21H19BrN2O2S2. The Morgan fingerprint density at radius 1 is 1.25 bits per heavy atom. The second-order valence-corrected chi connectivity index (χ2v) is 9.31. The molecule has 2 aliphatic rings. The number of fused-ring (bicyclic) bond motifs is 1. The van der Waals surface area contributed by atoms with Crippen molar-refractivity contribution < 1.29 is 9.53 Å². The molecule has 0 aliphatic carbocycles. The predicted molar refractivity (Wildman–Crippen MR) is 121 cm³/mol. The minimum Gasteiger partial charge on any atom is -0.492 e. The maximum atomic E-state index is 12.0. The van der Waals surface area contributed by atoms with Gasteiger partial charge in [-0.3, -0.25) is 9.69 Å². The molecule has 1 fully saturated rings. The fraction of sp³-hybridized carbons (Fsp3) is 0.238. The van der Waals surface area contributed by atoms with Crippen LogP contribution in [0.4, 0.5) is 0 Å². The third-order valence-corrected chi connectivity index (χ3v) is 6.43. The number of hydrogen-bond acceptors (Lipinski definition) is 5. The molecule has 0 aromatic heterocycles. The van der Waals surface area contributed by atoms with Crippen LogP contribution in [0.15, 0.2) is 51.8 Å². The van der Waals surface area contributed by atoms with Gasteiger partial charge >= 0.3 is 0 Å². The summed E-state index contributed by atoms with van der Waals surface area (Å²) in [4.78, 5) is 15.0. The van der Waals surface area contributed by atoms with Crippen LogP contribution in [0.3, 0.4) is 0 Å². The lowest BCUT2D eigenvalue weighted by atomic mass is 10.0. The number of rotatable bonds is 5. The minimum atomic E-state index is -0.159. The SMILES string of the molecule is O=C1NC(=S)SC1=Cc1cc(Br)ccc1OCCN1CCc2ccccc2C1. The molecule has 2 aliphatic heterocycles. The van der Waals surface area contributed by atoms with Crippen molar-refractivity contribution in [3.63, 3.8) is 0 Å². The summed E-state index contributed by atoms with van der Waals surface area (Å²) in [5, 5.41) is 2.64. The lowest BCUT2D eigenvalue weighted by molar-refractivity contribution is -0.115. The number of nitrogens with one attached hydrogen (secondary N) is 1. The van der Waals surface area contributed by atoms with Crippen molar-refractivity contribution in [3.05, 3.63) is 68.5 Å². The van der Waals surface area contributed by atoms with Gasteiger partial charge in [0.2, 0.25) is 0 Å². The van der Waals surface area contributed by atoms with Crippen molar-refractivity contribution >= 4 is 56.2 Å². The fourth-order valence-corrected chi connectivity index (χ4v) is 4.77. The lowest BCUT2D eigenvalue weighted by Gasteiger charge is -2.28. The van der Waals surface area contributed by atoms with Crippen molar-refractivity contribution in [1.29, 1.82) is 0 Å². The van der Waals surface area contributed by atoms with Crippen LogP contribution in [-0.2, 0) is 17.8 Å². The maximum absolute atomic E-state index is 12.0. The predicted octanol–water partition coefficient (Wildman–Crippen LogP) is 4.38. The molecule has 0 atom stereocenters. The molecule has 1 saturated heterocycles. The summed E-state index contributed by atoms with van der Waals surface area (Å²) in [5.74, 6) is 0.604. The summed E-state index contributed by atoms with van der Waals surface area (Å²) >= 11 is 9.83. The van der Waals surface area contributed by atoms with E-state index in [1.54, 1.807) is 0 Å². The van der Waals surface area contributed by atoms with E-state index in [1.165, 1.54) is 22.9 Å². The molecule has 1 N–H and O–H groups in total. The van der Waals surface area contributed by atoms with Crippen LogP contribution >= 0.6 is 39.9 Å². The van der Waals surface area contributed by atoms with Crippen LogP contribution in [-0.4, -0.2) is 34.8 Å². The van der Waals surface area contributed by atoms with Crippen LogP contribution < -0.4 is 10.1 Å². The molecule has 0 unspecified atom stereocenters. The van der Waals surface area contributed by atoms with E-state index in [0.29, 0.717) is 15.8 Å². The second kappa shape index (κ2) is 8.78. The van der Waals surface area contributed by atoms with Gasteiger partial charge in [0, 0.05) is 29.7 Å². The monoisotopic (exact) mass is 474 g/mol. The molecule has 4 nitrogen and oxygen atoms in total. The normalized spacial score (nSPS) is 18.2. The highest BCUT2D eigenvalue weighted by atomic mass is 79.9. The Morgan fingerprint density at radius 2 is 2.07 bits per heavy atom. The van der Waals surface area contributed by atoms with E-state index < -0.39 is 0 Å². The number of thioether (sulfide) groups is 1. The zero-order valence-corrected chi connectivity index (χ0v) is 18.3. The first-order chi connectivity index (χ1) is 13.6. The fourth-order valence-electron chi connectivity index (χ4n) is 3.36. The average molecular weight is 475 g/mol. The van der Waals surface area contributed by atoms with E-state index in [0.717, 1.165) is 41.8 Å². The molecule has 0 saturated carbocycles. The van der Waals surface area contributed by atoms with Crippen LogP contribution in [0, 0.1) is 0 Å². The van der Waals surface area contributed by atoms with Gasteiger partial charge in [-0.1, -0.05) is 64.2 Å². The van der Waals surface area contributed by atoms with Gasteiger partial charge in [0.05, 0.1) is 4.91 Å². The Kier molecular flexibility index (Phi) is 6.16. The number of thiocarbonyl (C=S) groups is 1. The first kappa shape index (κ1) is 19.6. The smallest absolute Gasteiger partial charge is 0.263 e. The Bertz CT molecular complexity index is 961. The molecular weight excluding hydrogens is 456 g/mol. The quantitative estimate of drug-likeness (QED) is 0.514. The van der Waals surface area contributed by atoms with E-state index >= 15 is 0 Å². The topological polar surface area (TPSA) is 41.6 Å². The van der Waals surface area contributed by atoms with Gasteiger partial charge in [-0.15, -0.1) is 0 Å². The van der Waals surface area contributed by atoms with Crippen LogP contribution in [0.1, 0.15) is 16.7 Å². The average Bonchev–Trinajstić information content (AvgIpc) is 3.00. The highest BCUT2D eigenvalue weighted by Crippen LogP contribution is 2.31. The van der Waals surface area contributed by atoms with Gasteiger partial charge in [0.1, 0.15) is 16.7 Å². The number of halogens is 1. The van der Waals surface area contributed by atoms with Crippen molar-refractivity contribution in [1.82, 2.24) is 10.2 Å². The molecule has 0 radical (unpaired) electrons. The van der Waals surface area contributed by atoms with E-state index in [9.17, 15) is 4.79 Å². The Labute approximate surface area is 182 Å². The summed E-state index contributed by atoms with van der Waals surface area (Å²) < 4.78 is 7.50. The van der Waals surface area contributed by atoms with Gasteiger partial charge < -0.3 is 10.1 Å². The van der Waals surface area contributed by atoms with E-state index in [4.69, 9.17) is 17.0 Å². The number of carbonyl (C=O) groups is 1. The maximum Gasteiger partial charge on any atom is 0.263 e. The molecule has 2 aromatic carbocycles.